The summed E-state index contributed by atoms with van der Waals surface area (Å²) in [6.07, 6.45) is 0.387. The van der Waals surface area contributed by atoms with E-state index in [2.05, 4.69) is 0 Å². The lowest BCUT2D eigenvalue weighted by atomic mass is 9.95. The largest absolute Gasteiger partial charge is 0.493 e. The number of benzene rings is 1. The van der Waals surface area contributed by atoms with Crippen LogP contribution >= 0.6 is 0 Å². The fourth-order valence-electron chi connectivity index (χ4n) is 4.14. The SMILES string of the molecule is COCCCOc1cc(C(=O)N(C[C@@H]2CN(C(=O)OC(C)(C)C)C[C@@H]2CN)C(C)C)ccc1OC. The highest BCUT2D eigenvalue weighted by Gasteiger charge is 2.38. The number of amides is 2. The van der Waals surface area contributed by atoms with E-state index in [1.165, 1.54) is 0 Å². The molecule has 2 amide bonds. The van der Waals surface area contributed by atoms with Crippen molar-refractivity contribution < 1.29 is 28.5 Å². The molecule has 1 fully saturated rings. The first-order valence-electron chi connectivity index (χ1n) is 12.3. The van der Waals surface area contributed by atoms with E-state index in [1.54, 1.807) is 37.3 Å². The molecule has 1 aromatic carbocycles. The van der Waals surface area contributed by atoms with Gasteiger partial charge in [-0.2, -0.15) is 0 Å². The van der Waals surface area contributed by atoms with E-state index in [0.29, 0.717) is 56.5 Å². The standard InChI is InChI=1S/C26H43N3O6/c1-18(2)29(17-21-16-28(15-20(21)14-27)25(31)35-26(3,4)5)24(30)19-9-10-22(33-7)23(13-19)34-12-8-11-32-6/h9-10,13,18,20-21H,8,11-12,14-17,27H2,1-7H3/t20-,21-/m0/s1. The number of ether oxygens (including phenoxy) is 4. The van der Waals surface area contributed by atoms with Crippen LogP contribution in [-0.4, -0.2) is 87.1 Å². The Kier molecular flexibility index (Phi) is 10.6. The van der Waals surface area contributed by atoms with Gasteiger partial charge in [0, 0.05) is 51.4 Å². The second-order valence-electron chi connectivity index (χ2n) is 10.3. The van der Waals surface area contributed by atoms with Crippen molar-refractivity contribution in [1.82, 2.24) is 9.80 Å². The van der Waals surface area contributed by atoms with Crippen LogP contribution in [0.25, 0.3) is 0 Å². The Hall–Kier alpha value is -2.52. The summed E-state index contributed by atoms with van der Waals surface area (Å²) in [7, 11) is 3.22. The third kappa shape index (κ3) is 8.28. The van der Waals surface area contributed by atoms with Gasteiger partial charge in [0.25, 0.3) is 5.91 Å². The minimum Gasteiger partial charge on any atom is -0.493 e. The molecular formula is C26H43N3O6. The van der Waals surface area contributed by atoms with E-state index >= 15 is 0 Å². The number of methoxy groups -OCH3 is 2. The molecule has 0 spiro atoms. The number of nitrogens with zero attached hydrogens (tertiary/aromatic N) is 2. The van der Waals surface area contributed by atoms with E-state index in [9.17, 15) is 9.59 Å². The van der Waals surface area contributed by atoms with Crippen molar-refractivity contribution in [3.63, 3.8) is 0 Å². The van der Waals surface area contributed by atoms with Gasteiger partial charge in [-0.1, -0.05) is 0 Å². The van der Waals surface area contributed by atoms with Gasteiger partial charge in [-0.15, -0.1) is 0 Å². The van der Waals surface area contributed by atoms with Gasteiger partial charge in [0.2, 0.25) is 0 Å². The molecule has 1 heterocycles. The van der Waals surface area contributed by atoms with Gasteiger partial charge in [0.1, 0.15) is 5.60 Å². The van der Waals surface area contributed by atoms with E-state index in [4.69, 9.17) is 24.7 Å². The van der Waals surface area contributed by atoms with Crippen molar-refractivity contribution in [3.05, 3.63) is 23.8 Å². The molecule has 2 N–H and O–H groups in total. The summed E-state index contributed by atoms with van der Waals surface area (Å²) >= 11 is 0. The fourth-order valence-corrected chi connectivity index (χ4v) is 4.14. The molecular weight excluding hydrogens is 450 g/mol. The van der Waals surface area contributed by atoms with E-state index in [-0.39, 0.29) is 29.9 Å². The number of nitrogens with two attached hydrogens (primary N) is 1. The molecule has 1 saturated heterocycles. The summed E-state index contributed by atoms with van der Waals surface area (Å²) in [5.41, 5.74) is 6.01. The predicted octanol–water partition coefficient (Wildman–Crippen LogP) is 3.40. The minimum atomic E-state index is -0.564. The zero-order valence-corrected chi connectivity index (χ0v) is 22.3. The van der Waals surface area contributed by atoms with Gasteiger partial charge in [0.15, 0.2) is 11.5 Å². The van der Waals surface area contributed by atoms with Crippen LogP contribution in [0, 0.1) is 11.8 Å². The Bertz CT molecular complexity index is 839. The number of carbonyl (C=O) groups excluding carboxylic acids is 2. The lowest BCUT2D eigenvalue weighted by molar-refractivity contribution is 0.0282. The highest BCUT2D eigenvalue weighted by atomic mass is 16.6. The van der Waals surface area contributed by atoms with Crippen LogP contribution in [0.15, 0.2) is 18.2 Å². The van der Waals surface area contributed by atoms with Crippen LogP contribution in [0.4, 0.5) is 4.79 Å². The highest BCUT2D eigenvalue weighted by Crippen LogP contribution is 2.30. The van der Waals surface area contributed by atoms with Crippen molar-refractivity contribution in [2.75, 3.05) is 53.6 Å². The molecule has 198 valence electrons. The monoisotopic (exact) mass is 493 g/mol. The number of rotatable bonds is 11. The van der Waals surface area contributed by atoms with E-state index in [0.717, 1.165) is 6.42 Å². The molecule has 9 nitrogen and oxygen atoms in total. The predicted molar refractivity (Wildman–Crippen MR) is 135 cm³/mol. The Morgan fingerprint density at radius 3 is 2.37 bits per heavy atom. The zero-order chi connectivity index (χ0) is 26.2. The second kappa shape index (κ2) is 13.0. The minimum absolute atomic E-state index is 0.0373. The maximum Gasteiger partial charge on any atom is 0.410 e. The van der Waals surface area contributed by atoms with Crippen molar-refractivity contribution in [2.24, 2.45) is 17.6 Å². The highest BCUT2D eigenvalue weighted by molar-refractivity contribution is 5.95. The molecule has 1 aliphatic heterocycles. The Balaban J connectivity index is 2.17. The molecule has 0 unspecified atom stereocenters. The molecule has 1 aromatic rings. The third-order valence-electron chi connectivity index (χ3n) is 6.01. The molecule has 35 heavy (non-hydrogen) atoms. The average Bonchev–Trinajstić information content (AvgIpc) is 3.21. The molecule has 0 aromatic heterocycles. The van der Waals surface area contributed by atoms with E-state index in [1.807, 2.05) is 39.5 Å². The first-order valence-corrected chi connectivity index (χ1v) is 12.3. The maximum absolute atomic E-state index is 13.6. The normalized spacial score (nSPS) is 18.0. The van der Waals surface area contributed by atoms with Crippen LogP contribution in [0.5, 0.6) is 11.5 Å². The number of carbonyl (C=O) groups is 2. The van der Waals surface area contributed by atoms with Crippen LogP contribution in [0.3, 0.4) is 0 Å². The molecule has 0 bridgehead atoms. The molecule has 2 atom stereocenters. The smallest absolute Gasteiger partial charge is 0.410 e. The lowest BCUT2D eigenvalue weighted by Crippen LogP contribution is -2.43. The van der Waals surface area contributed by atoms with Crippen LogP contribution in [-0.2, 0) is 9.47 Å². The summed E-state index contributed by atoms with van der Waals surface area (Å²) in [5.74, 6) is 1.14. The summed E-state index contributed by atoms with van der Waals surface area (Å²) in [6.45, 7) is 12.5. The summed E-state index contributed by atoms with van der Waals surface area (Å²) in [5, 5.41) is 0. The number of likely N-dealkylation sites (tertiary alicyclic amines) is 1. The van der Waals surface area contributed by atoms with Crippen molar-refractivity contribution in [1.29, 1.82) is 0 Å². The van der Waals surface area contributed by atoms with Gasteiger partial charge in [-0.05, 0) is 71.2 Å². The van der Waals surface area contributed by atoms with Crippen LogP contribution < -0.4 is 15.2 Å². The quantitative estimate of drug-likeness (QED) is 0.471. The van der Waals surface area contributed by atoms with Gasteiger partial charge >= 0.3 is 6.09 Å². The van der Waals surface area contributed by atoms with Gasteiger partial charge in [-0.3, -0.25) is 4.79 Å². The Labute approximate surface area is 209 Å². The van der Waals surface area contributed by atoms with Gasteiger partial charge < -0.3 is 34.5 Å². The fraction of sp³-hybridized carbons (Fsp3) is 0.692. The number of hydrogen-bond donors (Lipinski definition) is 1. The second-order valence-corrected chi connectivity index (χ2v) is 10.3. The first-order chi connectivity index (χ1) is 16.5. The van der Waals surface area contributed by atoms with Crippen molar-refractivity contribution in [2.45, 2.75) is 52.7 Å². The molecule has 1 aliphatic rings. The molecule has 0 aliphatic carbocycles. The zero-order valence-electron chi connectivity index (χ0n) is 22.3. The summed E-state index contributed by atoms with van der Waals surface area (Å²) in [6, 6.07) is 5.19. The topological polar surface area (TPSA) is 104 Å². The first kappa shape index (κ1) is 28.7. The molecule has 0 radical (unpaired) electrons. The van der Waals surface area contributed by atoms with Crippen LogP contribution in [0.1, 0.15) is 51.4 Å². The van der Waals surface area contributed by atoms with Gasteiger partial charge in [-0.25, -0.2) is 4.79 Å². The number of hydrogen-bond acceptors (Lipinski definition) is 7. The molecule has 2 rings (SSSR count). The average molecular weight is 494 g/mol. The third-order valence-corrected chi connectivity index (χ3v) is 6.01. The van der Waals surface area contributed by atoms with Crippen molar-refractivity contribution >= 4 is 12.0 Å². The van der Waals surface area contributed by atoms with E-state index < -0.39 is 5.60 Å². The van der Waals surface area contributed by atoms with Gasteiger partial charge in [0.05, 0.1) is 13.7 Å². The lowest BCUT2D eigenvalue weighted by Gasteiger charge is -2.31. The summed E-state index contributed by atoms with van der Waals surface area (Å²) in [4.78, 5) is 29.7. The Morgan fingerprint density at radius 2 is 1.80 bits per heavy atom. The molecule has 9 heteroatoms. The Morgan fingerprint density at radius 1 is 1.11 bits per heavy atom. The summed E-state index contributed by atoms with van der Waals surface area (Å²) < 4.78 is 21.9. The van der Waals surface area contributed by atoms with Crippen LogP contribution in [0.2, 0.25) is 0 Å². The maximum atomic E-state index is 13.6. The molecule has 0 saturated carbocycles. The van der Waals surface area contributed by atoms with Crippen molar-refractivity contribution in [3.8, 4) is 11.5 Å².